The van der Waals surface area contributed by atoms with E-state index in [1.165, 1.54) is 45.3 Å². The zero-order valence-corrected chi connectivity index (χ0v) is 15.5. The lowest BCUT2D eigenvalue weighted by Crippen LogP contribution is -2.30. The Morgan fingerprint density at radius 2 is 1.93 bits per heavy atom. The molecular weight excluding hydrogens is 338 g/mol. The predicted molar refractivity (Wildman–Crippen MR) is 113 cm³/mol. The van der Waals surface area contributed by atoms with E-state index in [2.05, 4.69) is 21.3 Å². The number of aromatic amines is 1. The lowest BCUT2D eigenvalue weighted by Gasteiger charge is -2.26. The molecule has 5 heteroatoms. The van der Waals surface area contributed by atoms with Gasteiger partial charge < -0.3 is 19.9 Å². The monoisotopic (exact) mass is 371 g/mol. The molecule has 1 saturated heterocycles. The zero-order chi connectivity index (χ0) is 17.8. The highest BCUT2D eigenvalue weighted by molar-refractivity contribution is 5.94. The molecule has 2 aliphatic heterocycles. The third-order valence-electron chi connectivity index (χ3n) is 5.58. The second kappa shape index (κ2) is 9.27. The number of likely N-dealkylation sites (tertiary alicyclic amines) is 1. The molecule has 27 heavy (non-hydrogen) atoms. The van der Waals surface area contributed by atoms with E-state index in [4.69, 9.17) is 4.74 Å². The van der Waals surface area contributed by atoms with Crippen molar-refractivity contribution in [1.29, 1.82) is 0 Å². The van der Waals surface area contributed by atoms with Gasteiger partial charge in [-0.2, -0.15) is 0 Å². The van der Waals surface area contributed by atoms with Gasteiger partial charge in [0, 0.05) is 17.5 Å². The molecule has 0 saturated carbocycles. The fourth-order valence-electron chi connectivity index (χ4n) is 4.13. The van der Waals surface area contributed by atoms with Gasteiger partial charge in [0.25, 0.3) is 5.56 Å². The molecule has 0 bridgehead atoms. The molecule has 0 unspecified atom stereocenters. The van der Waals surface area contributed by atoms with Crippen LogP contribution in [0.25, 0.3) is 10.9 Å². The average Bonchev–Trinajstić information content (AvgIpc) is 2.69. The summed E-state index contributed by atoms with van der Waals surface area (Å²) in [5.41, 5.74) is 2.78. The molecule has 2 aromatic rings. The van der Waals surface area contributed by atoms with Crippen LogP contribution in [-0.2, 0) is 6.42 Å². The summed E-state index contributed by atoms with van der Waals surface area (Å²) in [4.78, 5) is 17.8. The SMILES string of the molecule is C.O=c1[nH]c2ccc(OCCCCN3CCCCC3)cc2c2c1CCCN2. The average molecular weight is 372 g/mol. The number of nitrogens with one attached hydrogen (secondary N) is 2. The molecule has 1 aromatic carbocycles. The maximum atomic E-state index is 12.2. The molecule has 4 rings (SSSR count). The van der Waals surface area contributed by atoms with E-state index in [-0.39, 0.29) is 13.0 Å². The molecule has 0 spiro atoms. The molecule has 1 fully saturated rings. The topological polar surface area (TPSA) is 57.4 Å². The van der Waals surface area contributed by atoms with E-state index in [0.29, 0.717) is 0 Å². The van der Waals surface area contributed by atoms with Crippen molar-refractivity contribution in [2.24, 2.45) is 0 Å². The number of rotatable bonds is 6. The Kier molecular flexibility index (Phi) is 6.78. The largest absolute Gasteiger partial charge is 0.494 e. The van der Waals surface area contributed by atoms with Gasteiger partial charge in [0.1, 0.15) is 5.75 Å². The highest BCUT2D eigenvalue weighted by atomic mass is 16.5. The first-order chi connectivity index (χ1) is 12.8. The van der Waals surface area contributed by atoms with E-state index < -0.39 is 0 Å². The fraction of sp³-hybridized carbons (Fsp3) is 0.591. The van der Waals surface area contributed by atoms with E-state index in [1.807, 2.05) is 12.1 Å². The maximum absolute atomic E-state index is 12.2. The van der Waals surface area contributed by atoms with Gasteiger partial charge in [0.15, 0.2) is 0 Å². The Hall–Kier alpha value is -2.01. The van der Waals surface area contributed by atoms with Crippen LogP contribution in [0.15, 0.2) is 23.0 Å². The van der Waals surface area contributed by atoms with Crippen LogP contribution >= 0.6 is 0 Å². The Morgan fingerprint density at radius 1 is 1.07 bits per heavy atom. The van der Waals surface area contributed by atoms with Crippen LogP contribution in [0.4, 0.5) is 5.69 Å². The molecule has 148 valence electrons. The maximum Gasteiger partial charge on any atom is 0.253 e. The van der Waals surface area contributed by atoms with Crippen molar-refractivity contribution in [3.8, 4) is 5.75 Å². The number of unbranched alkanes of at least 4 members (excludes halogenated alkanes) is 1. The zero-order valence-electron chi connectivity index (χ0n) is 15.5. The highest BCUT2D eigenvalue weighted by Crippen LogP contribution is 2.30. The molecule has 0 radical (unpaired) electrons. The standard InChI is InChI=1S/C21H29N3O2.CH4/c25-21-17-7-6-10-22-20(17)18-15-16(8-9-19(18)23-21)26-14-5-4-13-24-11-2-1-3-12-24;/h8-9,15,22H,1-7,10-14H2,(H,23,25);1H4. The summed E-state index contributed by atoms with van der Waals surface area (Å²) in [6.45, 7) is 5.40. The van der Waals surface area contributed by atoms with Crippen molar-refractivity contribution >= 4 is 16.6 Å². The minimum atomic E-state index is 0. The van der Waals surface area contributed by atoms with Gasteiger partial charge in [0.2, 0.25) is 0 Å². The van der Waals surface area contributed by atoms with Gasteiger partial charge in [-0.05, 0) is 76.4 Å². The summed E-state index contributed by atoms with van der Waals surface area (Å²) in [6, 6.07) is 5.97. The lowest BCUT2D eigenvalue weighted by molar-refractivity contribution is 0.216. The number of piperidine rings is 1. The summed E-state index contributed by atoms with van der Waals surface area (Å²) < 4.78 is 5.99. The lowest BCUT2D eigenvalue weighted by atomic mass is 10.0. The van der Waals surface area contributed by atoms with Crippen molar-refractivity contribution in [2.45, 2.75) is 52.4 Å². The molecule has 0 atom stereocenters. The minimum absolute atomic E-state index is 0. The third kappa shape index (κ3) is 4.64. The number of benzene rings is 1. The van der Waals surface area contributed by atoms with Crippen molar-refractivity contribution in [3.05, 3.63) is 34.1 Å². The quantitative estimate of drug-likeness (QED) is 0.749. The number of aromatic nitrogens is 1. The van der Waals surface area contributed by atoms with Gasteiger partial charge >= 0.3 is 0 Å². The normalized spacial score (nSPS) is 17.0. The van der Waals surface area contributed by atoms with Crippen LogP contribution in [-0.4, -0.2) is 42.7 Å². The predicted octanol–water partition coefficient (Wildman–Crippen LogP) is 4.17. The van der Waals surface area contributed by atoms with Crippen molar-refractivity contribution in [2.75, 3.05) is 38.1 Å². The highest BCUT2D eigenvalue weighted by Gasteiger charge is 2.16. The first-order valence-electron chi connectivity index (χ1n) is 10.1. The van der Waals surface area contributed by atoms with E-state index >= 15 is 0 Å². The van der Waals surface area contributed by atoms with Crippen LogP contribution < -0.4 is 15.6 Å². The fourth-order valence-corrected chi connectivity index (χ4v) is 4.13. The summed E-state index contributed by atoms with van der Waals surface area (Å²) in [7, 11) is 0. The first kappa shape index (κ1) is 19.7. The Balaban J connectivity index is 0.00000210. The number of anilines is 1. The first-order valence-corrected chi connectivity index (χ1v) is 10.1. The molecule has 2 N–H and O–H groups in total. The minimum Gasteiger partial charge on any atom is -0.494 e. The van der Waals surface area contributed by atoms with E-state index in [1.54, 1.807) is 0 Å². The smallest absolute Gasteiger partial charge is 0.253 e. The second-order valence-corrected chi connectivity index (χ2v) is 7.50. The third-order valence-corrected chi connectivity index (χ3v) is 5.58. The summed E-state index contributed by atoms with van der Waals surface area (Å²) in [6.07, 6.45) is 8.23. The molecule has 0 amide bonds. The van der Waals surface area contributed by atoms with Crippen LogP contribution in [0.3, 0.4) is 0 Å². The Bertz CT molecular complexity index is 809. The number of fused-ring (bicyclic) bond motifs is 3. The number of H-pyrrole nitrogens is 1. The van der Waals surface area contributed by atoms with Gasteiger partial charge in [-0.1, -0.05) is 13.8 Å². The van der Waals surface area contributed by atoms with Crippen LogP contribution in [0.2, 0.25) is 0 Å². The van der Waals surface area contributed by atoms with Gasteiger partial charge in [0.05, 0.1) is 17.8 Å². The number of ether oxygens (including phenoxy) is 1. The number of hydrogen-bond acceptors (Lipinski definition) is 4. The van der Waals surface area contributed by atoms with Crippen molar-refractivity contribution < 1.29 is 4.74 Å². The molecular formula is C22H33N3O2. The number of pyridine rings is 1. The van der Waals surface area contributed by atoms with Gasteiger partial charge in [-0.25, -0.2) is 0 Å². The van der Waals surface area contributed by atoms with E-state index in [0.717, 1.165) is 60.3 Å². The molecule has 2 aliphatic rings. The molecule has 0 aliphatic carbocycles. The number of nitrogens with zero attached hydrogens (tertiary/aromatic N) is 1. The summed E-state index contributed by atoms with van der Waals surface area (Å²) >= 11 is 0. The van der Waals surface area contributed by atoms with Crippen LogP contribution in [0, 0.1) is 0 Å². The number of hydrogen-bond donors (Lipinski definition) is 2. The van der Waals surface area contributed by atoms with Gasteiger partial charge in [-0.15, -0.1) is 0 Å². The Labute approximate surface area is 162 Å². The molecule has 1 aromatic heterocycles. The molecule has 5 nitrogen and oxygen atoms in total. The summed E-state index contributed by atoms with van der Waals surface area (Å²) in [5, 5.41) is 4.47. The van der Waals surface area contributed by atoms with Crippen molar-refractivity contribution in [1.82, 2.24) is 9.88 Å². The Morgan fingerprint density at radius 3 is 2.78 bits per heavy atom. The molecule has 3 heterocycles. The van der Waals surface area contributed by atoms with Gasteiger partial charge in [-0.3, -0.25) is 4.79 Å². The van der Waals surface area contributed by atoms with Crippen LogP contribution in [0.1, 0.15) is 51.5 Å². The van der Waals surface area contributed by atoms with Crippen molar-refractivity contribution in [3.63, 3.8) is 0 Å². The van der Waals surface area contributed by atoms with Crippen LogP contribution in [0.5, 0.6) is 5.75 Å². The second-order valence-electron chi connectivity index (χ2n) is 7.50. The summed E-state index contributed by atoms with van der Waals surface area (Å²) in [5.74, 6) is 0.886. The van der Waals surface area contributed by atoms with E-state index in [9.17, 15) is 4.79 Å².